The summed E-state index contributed by atoms with van der Waals surface area (Å²) in [5, 5.41) is 17.0. The molecule has 3 N–H and O–H groups in total. The van der Waals surface area contributed by atoms with E-state index in [0.717, 1.165) is 18.4 Å². The molecule has 3 aromatic rings. The Morgan fingerprint density at radius 1 is 0.971 bits per heavy atom. The molecule has 4 rings (SSSR count). The van der Waals surface area contributed by atoms with Crippen LogP contribution in [0, 0.1) is 17.1 Å². The molecule has 9 heteroatoms. The van der Waals surface area contributed by atoms with Gasteiger partial charge in [-0.25, -0.2) is 19.0 Å². The predicted molar refractivity (Wildman–Crippen MR) is 127 cm³/mol. The number of piperidine rings is 1. The lowest BCUT2D eigenvalue weighted by Gasteiger charge is -2.32. The fourth-order valence-corrected chi connectivity index (χ4v) is 3.88. The Morgan fingerprint density at radius 2 is 1.71 bits per heavy atom. The SMILES string of the molecule is N#Cc1cccnc1NC(=O)N1CCC(c2ccc(NC(=O)Nc3ccccc3F)cc2)CC1. The molecule has 1 fully saturated rings. The third-order valence-electron chi connectivity index (χ3n) is 5.70. The van der Waals surface area contributed by atoms with Crippen LogP contribution in [0.25, 0.3) is 0 Å². The molecule has 1 saturated heterocycles. The fourth-order valence-electron chi connectivity index (χ4n) is 3.88. The molecular weight excluding hydrogens is 435 g/mol. The van der Waals surface area contributed by atoms with E-state index in [1.807, 2.05) is 18.2 Å². The molecule has 8 nitrogen and oxygen atoms in total. The number of hydrogen-bond donors (Lipinski definition) is 3. The fraction of sp³-hybridized carbons (Fsp3) is 0.200. The summed E-state index contributed by atoms with van der Waals surface area (Å²) in [4.78, 5) is 30.5. The summed E-state index contributed by atoms with van der Waals surface area (Å²) >= 11 is 0. The van der Waals surface area contributed by atoms with Gasteiger partial charge in [0.05, 0.1) is 11.3 Å². The Hall–Kier alpha value is -4.45. The average molecular weight is 458 g/mol. The highest BCUT2D eigenvalue weighted by molar-refractivity contribution is 5.99. The molecular formula is C25H23FN6O2. The maximum atomic E-state index is 13.7. The maximum Gasteiger partial charge on any atom is 0.323 e. The van der Waals surface area contributed by atoms with E-state index in [1.165, 1.54) is 18.3 Å². The third kappa shape index (κ3) is 5.48. The van der Waals surface area contributed by atoms with Gasteiger partial charge in [-0.05, 0) is 60.7 Å². The van der Waals surface area contributed by atoms with E-state index in [0.29, 0.717) is 24.3 Å². The summed E-state index contributed by atoms with van der Waals surface area (Å²) < 4.78 is 13.7. The van der Waals surface area contributed by atoms with E-state index in [2.05, 4.69) is 20.9 Å². The van der Waals surface area contributed by atoms with Crippen LogP contribution >= 0.6 is 0 Å². The monoisotopic (exact) mass is 458 g/mol. The minimum Gasteiger partial charge on any atom is -0.324 e. The number of nitrogens with zero attached hydrogens (tertiary/aromatic N) is 3. The van der Waals surface area contributed by atoms with Crippen molar-refractivity contribution in [2.45, 2.75) is 18.8 Å². The Kier molecular flexibility index (Phi) is 6.98. The highest BCUT2D eigenvalue weighted by atomic mass is 19.1. The van der Waals surface area contributed by atoms with Gasteiger partial charge in [0.1, 0.15) is 11.9 Å². The van der Waals surface area contributed by atoms with Crippen LogP contribution in [0.5, 0.6) is 0 Å². The molecule has 1 aliphatic heterocycles. The van der Waals surface area contributed by atoms with Gasteiger partial charge in [-0.2, -0.15) is 5.26 Å². The molecule has 172 valence electrons. The number of halogens is 1. The second-order valence-corrected chi connectivity index (χ2v) is 7.88. The van der Waals surface area contributed by atoms with Crippen LogP contribution in [0.4, 0.5) is 31.2 Å². The normalized spacial score (nSPS) is 13.6. The van der Waals surface area contributed by atoms with Crippen molar-refractivity contribution in [3.8, 4) is 6.07 Å². The van der Waals surface area contributed by atoms with Gasteiger partial charge in [0.15, 0.2) is 5.82 Å². The lowest BCUT2D eigenvalue weighted by molar-refractivity contribution is 0.194. The molecule has 0 radical (unpaired) electrons. The van der Waals surface area contributed by atoms with Gasteiger partial charge in [0.2, 0.25) is 0 Å². The van der Waals surface area contributed by atoms with Gasteiger partial charge in [0.25, 0.3) is 0 Å². The lowest BCUT2D eigenvalue weighted by atomic mass is 9.89. The standard InChI is InChI=1S/C25H23FN6O2/c26-21-5-1-2-6-22(21)30-24(33)29-20-9-7-17(8-10-20)18-11-14-32(15-12-18)25(34)31-23-19(16-27)4-3-13-28-23/h1-10,13,18H,11-12,14-15H2,(H,28,31,34)(H2,29,30,33). The number of carbonyl (C=O) groups is 2. The van der Waals surface area contributed by atoms with Crippen molar-refractivity contribution in [1.29, 1.82) is 5.26 Å². The number of pyridine rings is 1. The number of likely N-dealkylation sites (tertiary alicyclic amines) is 1. The zero-order valence-corrected chi connectivity index (χ0v) is 18.3. The van der Waals surface area contributed by atoms with Crippen LogP contribution < -0.4 is 16.0 Å². The molecule has 0 atom stereocenters. The minimum absolute atomic E-state index is 0.110. The first-order valence-corrected chi connectivity index (χ1v) is 10.9. The second kappa shape index (κ2) is 10.4. The summed E-state index contributed by atoms with van der Waals surface area (Å²) in [5.41, 5.74) is 2.15. The highest BCUT2D eigenvalue weighted by Crippen LogP contribution is 2.29. The minimum atomic E-state index is -0.523. The number of hydrogen-bond acceptors (Lipinski definition) is 4. The number of carbonyl (C=O) groups excluding carboxylic acids is 2. The van der Waals surface area contributed by atoms with Gasteiger partial charge in [-0.3, -0.25) is 5.32 Å². The number of benzene rings is 2. The second-order valence-electron chi connectivity index (χ2n) is 7.88. The molecule has 4 amide bonds. The van der Waals surface area contributed by atoms with Crippen molar-refractivity contribution in [3.05, 3.63) is 83.8 Å². The van der Waals surface area contributed by atoms with E-state index < -0.39 is 11.8 Å². The molecule has 34 heavy (non-hydrogen) atoms. The molecule has 1 aliphatic rings. The molecule has 2 heterocycles. The van der Waals surface area contributed by atoms with Gasteiger partial charge >= 0.3 is 12.1 Å². The highest BCUT2D eigenvalue weighted by Gasteiger charge is 2.24. The van der Waals surface area contributed by atoms with Crippen molar-refractivity contribution in [2.75, 3.05) is 29.0 Å². The van der Waals surface area contributed by atoms with E-state index in [4.69, 9.17) is 5.26 Å². The van der Waals surface area contributed by atoms with Crippen molar-refractivity contribution >= 4 is 29.3 Å². The number of urea groups is 2. The van der Waals surface area contributed by atoms with Crippen LogP contribution in [0.15, 0.2) is 66.9 Å². The molecule has 0 bridgehead atoms. The molecule has 1 aromatic heterocycles. The summed E-state index contributed by atoms with van der Waals surface area (Å²) in [5.74, 6) is 0.0488. The summed E-state index contributed by atoms with van der Waals surface area (Å²) in [6.07, 6.45) is 3.12. The van der Waals surface area contributed by atoms with Crippen LogP contribution in [0.1, 0.15) is 29.9 Å². The van der Waals surface area contributed by atoms with E-state index in [-0.39, 0.29) is 23.5 Å². The average Bonchev–Trinajstić information content (AvgIpc) is 2.86. The van der Waals surface area contributed by atoms with Gasteiger partial charge < -0.3 is 15.5 Å². The number of anilines is 3. The Balaban J connectivity index is 1.28. The van der Waals surface area contributed by atoms with E-state index in [9.17, 15) is 14.0 Å². The molecule has 0 spiro atoms. The largest absolute Gasteiger partial charge is 0.324 e. The number of rotatable bonds is 4. The van der Waals surface area contributed by atoms with Gasteiger partial charge in [0, 0.05) is 25.0 Å². The third-order valence-corrected chi connectivity index (χ3v) is 5.70. The summed E-state index contributed by atoms with van der Waals surface area (Å²) in [6, 6.07) is 18.0. The lowest BCUT2D eigenvalue weighted by Crippen LogP contribution is -2.40. The number of para-hydroxylation sites is 1. The van der Waals surface area contributed by atoms with Crippen LogP contribution in [0.3, 0.4) is 0 Å². The number of amides is 4. The van der Waals surface area contributed by atoms with Crippen molar-refractivity contribution in [3.63, 3.8) is 0 Å². The predicted octanol–water partition coefficient (Wildman–Crippen LogP) is 5.15. The zero-order valence-electron chi connectivity index (χ0n) is 18.3. The molecule has 0 aliphatic carbocycles. The van der Waals surface area contributed by atoms with Crippen molar-refractivity contribution in [2.24, 2.45) is 0 Å². The van der Waals surface area contributed by atoms with Crippen LogP contribution in [0.2, 0.25) is 0 Å². The van der Waals surface area contributed by atoms with Crippen molar-refractivity contribution in [1.82, 2.24) is 9.88 Å². The molecule has 0 saturated carbocycles. The first-order valence-electron chi connectivity index (χ1n) is 10.9. The number of aromatic nitrogens is 1. The topological polar surface area (TPSA) is 110 Å². The first-order chi connectivity index (χ1) is 16.5. The number of nitrogens with one attached hydrogen (secondary N) is 3. The van der Waals surface area contributed by atoms with Gasteiger partial charge in [-0.15, -0.1) is 0 Å². The van der Waals surface area contributed by atoms with Crippen LogP contribution in [-0.4, -0.2) is 35.0 Å². The maximum absolute atomic E-state index is 13.7. The van der Waals surface area contributed by atoms with E-state index in [1.54, 1.807) is 41.3 Å². The quantitative estimate of drug-likeness (QED) is 0.502. The number of nitriles is 1. The Morgan fingerprint density at radius 3 is 2.41 bits per heavy atom. The summed E-state index contributed by atoms with van der Waals surface area (Å²) in [7, 11) is 0. The van der Waals surface area contributed by atoms with Gasteiger partial charge in [-0.1, -0.05) is 24.3 Å². The Bertz CT molecular complexity index is 1220. The smallest absolute Gasteiger partial charge is 0.323 e. The molecule has 0 unspecified atom stereocenters. The zero-order chi connectivity index (χ0) is 23.9. The molecule has 2 aromatic carbocycles. The van der Waals surface area contributed by atoms with Crippen molar-refractivity contribution < 1.29 is 14.0 Å². The van der Waals surface area contributed by atoms with E-state index >= 15 is 0 Å². The van der Waals surface area contributed by atoms with Crippen LogP contribution in [-0.2, 0) is 0 Å². The Labute approximate surface area is 196 Å². The first kappa shape index (κ1) is 22.7. The summed E-state index contributed by atoms with van der Waals surface area (Å²) in [6.45, 7) is 1.16.